The van der Waals surface area contributed by atoms with Gasteiger partial charge in [0.2, 0.25) is 5.91 Å². The topological polar surface area (TPSA) is 162 Å². The van der Waals surface area contributed by atoms with Crippen LogP contribution in [0.5, 0.6) is 5.75 Å². The van der Waals surface area contributed by atoms with Crippen molar-refractivity contribution in [2.24, 2.45) is 5.92 Å². The highest BCUT2D eigenvalue weighted by atomic mass is 16.5. The number of nitrogens with one attached hydrogen (secondary N) is 1. The van der Waals surface area contributed by atoms with Gasteiger partial charge in [0.15, 0.2) is 5.82 Å². The minimum absolute atomic E-state index is 0.0691. The number of aromatic hydroxyl groups is 1. The number of phenolic OH excluding ortho intramolecular Hbond substituents is 1. The highest BCUT2D eigenvalue weighted by Gasteiger charge is 2.32. The number of imide groups is 1. The van der Waals surface area contributed by atoms with E-state index in [1.54, 1.807) is 23.1 Å². The van der Waals surface area contributed by atoms with Gasteiger partial charge in [0.1, 0.15) is 11.9 Å². The predicted octanol–water partition coefficient (Wildman–Crippen LogP) is 6.30. The van der Waals surface area contributed by atoms with E-state index >= 15 is 0 Å². The molecule has 6 heterocycles. The molecule has 0 bridgehead atoms. The van der Waals surface area contributed by atoms with Crippen LogP contribution in [0.4, 0.5) is 22.0 Å². The van der Waals surface area contributed by atoms with Crippen molar-refractivity contribution in [2.45, 2.75) is 64.2 Å². The standard InChI is InChI=1S/C46H53N9O5/c1-29-24-36-38(54-23-18-43(57)48-46(54)59)7-5-8-39(36)55(29)34-16-19-51(20-17-34)27-31-14-21-52(22-15-31)45(58)33-12-10-32(11-13-33)42-28-53(26-30(2)60-42)40-25-37(49-50-44(40)47)35-6-3-4-9-41(35)56/h3-13,24-25,30-31,34,42,56H,14-23,26-28H2,1-2H3,(H2,47,50)(H,48,57,59)/t30-,42-/m1/s1. The Balaban J connectivity index is 0.772. The number of amides is 4. The van der Waals surface area contributed by atoms with E-state index in [0.29, 0.717) is 60.7 Å². The van der Waals surface area contributed by atoms with E-state index in [1.807, 2.05) is 60.4 Å². The van der Waals surface area contributed by atoms with Crippen molar-refractivity contribution in [1.29, 1.82) is 0 Å². The molecule has 5 aromatic rings. The fraction of sp³-hybridized carbons (Fsp3) is 0.413. The van der Waals surface area contributed by atoms with Crippen molar-refractivity contribution in [2.75, 3.05) is 67.9 Å². The summed E-state index contributed by atoms with van der Waals surface area (Å²) in [6.07, 6.45) is 4.08. The number of para-hydroxylation sites is 1. The van der Waals surface area contributed by atoms with Crippen LogP contribution in [0.15, 0.2) is 78.9 Å². The zero-order chi connectivity index (χ0) is 41.5. The molecule has 0 radical (unpaired) electrons. The first-order valence-electron chi connectivity index (χ1n) is 21.2. The van der Waals surface area contributed by atoms with E-state index in [1.165, 1.54) is 5.69 Å². The fourth-order valence-corrected chi connectivity index (χ4v) is 9.75. The van der Waals surface area contributed by atoms with Gasteiger partial charge < -0.3 is 34.8 Å². The van der Waals surface area contributed by atoms with E-state index in [2.05, 4.69) is 48.9 Å². The first-order valence-corrected chi connectivity index (χ1v) is 21.2. The number of nitrogen functional groups attached to an aromatic ring is 1. The van der Waals surface area contributed by atoms with Crippen molar-refractivity contribution >= 4 is 45.9 Å². The maximum absolute atomic E-state index is 13.7. The molecule has 0 spiro atoms. The molecule has 0 unspecified atom stereocenters. The number of carbonyl (C=O) groups excluding carboxylic acids is 3. The zero-order valence-electron chi connectivity index (χ0n) is 34.3. The zero-order valence-corrected chi connectivity index (χ0v) is 34.3. The van der Waals surface area contributed by atoms with Gasteiger partial charge in [-0.1, -0.05) is 30.3 Å². The van der Waals surface area contributed by atoms with Crippen LogP contribution in [-0.4, -0.2) is 106 Å². The molecule has 9 rings (SSSR count). The molecule has 2 atom stereocenters. The third-order valence-corrected chi connectivity index (χ3v) is 12.8. The number of anilines is 3. The summed E-state index contributed by atoms with van der Waals surface area (Å²) in [7, 11) is 0. The lowest BCUT2D eigenvalue weighted by Crippen LogP contribution is -2.49. The summed E-state index contributed by atoms with van der Waals surface area (Å²) in [5.41, 5.74) is 13.1. The third kappa shape index (κ3) is 7.88. The Morgan fingerprint density at radius 2 is 1.65 bits per heavy atom. The van der Waals surface area contributed by atoms with E-state index in [4.69, 9.17) is 10.5 Å². The quantitative estimate of drug-likeness (QED) is 0.162. The van der Waals surface area contributed by atoms with E-state index < -0.39 is 0 Å². The van der Waals surface area contributed by atoms with Gasteiger partial charge in [-0.3, -0.25) is 19.8 Å². The maximum atomic E-state index is 13.7. The SMILES string of the molecule is Cc1cc2c(N3CCC(=O)NC3=O)cccc2n1C1CCN(CC2CCN(C(=O)c3ccc([C@H]4CN(c5cc(-c6ccccc6O)nnc5N)C[C@@H](C)O4)cc3)CC2)CC1. The minimum atomic E-state index is -0.357. The molecule has 60 heavy (non-hydrogen) atoms. The number of aromatic nitrogens is 3. The van der Waals surface area contributed by atoms with E-state index in [9.17, 15) is 19.5 Å². The van der Waals surface area contributed by atoms with E-state index in [0.717, 1.165) is 86.2 Å². The highest BCUT2D eigenvalue weighted by Crippen LogP contribution is 2.37. The number of phenols is 1. The highest BCUT2D eigenvalue weighted by molar-refractivity contribution is 6.09. The number of ether oxygens (including phenoxy) is 1. The van der Waals surface area contributed by atoms with Crippen molar-refractivity contribution in [3.63, 3.8) is 0 Å². The van der Waals surface area contributed by atoms with Crippen LogP contribution in [-0.2, 0) is 9.53 Å². The second-order valence-electron chi connectivity index (χ2n) is 16.9. The van der Waals surface area contributed by atoms with Gasteiger partial charge in [-0.05, 0) is 99.5 Å². The monoisotopic (exact) mass is 811 g/mol. The average Bonchev–Trinajstić information content (AvgIpc) is 3.60. The van der Waals surface area contributed by atoms with Gasteiger partial charge >= 0.3 is 6.03 Å². The number of likely N-dealkylation sites (tertiary alicyclic amines) is 2. The molecular formula is C46H53N9O5. The molecule has 4 aliphatic rings. The second-order valence-corrected chi connectivity index (χ2v) is 16.9. The molecule has 4 saturated heterocycles. The summed E-state index contributed by atoms with van der Waals surface area (Å²) in [5.74, 6) is 0.843. The Hall–Kier alpha value is -5.99. The van der Waals surface area contributed by atoms with Crippen molar-refractivity contribution in [1.82, 2.24) is 29.9 Å². The molecule has 4 N–H and O–H groups in total. The van der Waals surface area contributed by atoms with Crippen LogP contribution >= 0.6 is 0 Å². The number of hydrogen-bond acceptors (Lipinski definition) is 10. The van der Waals surface area contributed by atoms with Crippen LogP contribution in [0.1, 0.15) is 72.8 Å². The number of piperidine rings is 2. The van der Waals surface area contributed by atoms with Gasteiger partial charge in [-0.15, -0.1) is 10.2 Å². The van der Waals surface area contributed by atoms with Crippen LogP contribution < -0.4 is 20.9 Å². The smallest absolute Gasteiger partial charge is 0.328 e. The number of benzene rings is 3. The molecule has 0 saturated carbocycles. The van der Waals surface area contributed by atoms with Gasteiger partial charge in [0.25, 0.3) is 5.91 Å². The molecule has 3 aromatic carbocycles. The van der Waals surface area contributed by atoms with Gasteiger partial charge in [0, 0.05) is 87.0 Å². The largest absolute Gasteiger partial charge is 0.507 e. The molecule has 2 aromatic heterocycles. The number of hydrogen-bond donors (Lipinski definition) is 3. The Morgan fingerprint density at radius 1 is 0.883 bits per heavy atom. The van der Waals surface area contributed by atoms with Crippen LogP contribution in [0.25, 0.3) is 22.2 Å². The van der Waals surface area contributed by atoms with Gasteiger partial charge in [0.05, 0.1) is 28.7 Å². The molecule has 4 aliphatic heterocycles. The average molecular weight is 812 g/mol. The van der Waals surface area contributed by atoms with Crippen LogP contribution in [0.3, 0.4) is 0 Å². The molecule has 14 nitrogen and oxygen atoms in total. The van der Waals surface area contributed by atoms with Gasteiger partial charge in [-0.25, -0.2) is 4.79 Å². The number of urea groups is 1. The Kier molecular flexibility index (Phi) is 10.9. The number of rotatable bonds is 8. The van der Waals surface area contributed by atoms with Crippen LogP contribution in [0, 0.1) is 12.8 Å². The summed E-state index contributed by atoms with van der Waals surface area (Å²) in [5, 5.41) is 22.4. The third-order valence-electron chi connectivity index (χ3n) is 12.8. The summed E-state index contributed by atoms with van der Waals surface area (Å²) in [6.45, 7) is 10.4. The second kappa shape index (κ2) is 16.6. The lowest BCUT2D eigenvalue weighted by Gasteiger charge is -2.39. The lowest BCUT2D eigenvalue weighted by molar-refractivity contribution is -0.120. The number of morpholine rings is 1. The number of carbonyl (C=O) groups is 3. The lowest BCUT2D eigenvalue weighted by atomic mass is 9.94. The summed E-state index contributed by atoms with van der Waals surface area (Å²) < 4.78 is 8.83. The maximum Gasteiger partial charge on any atom is 0.328 e. The molecule has 4 fully saturated rings. The number of aryl methyl sites for hydroxylation is 1. The summed E-state index contributed by atoms with van der Waals surface area (Å²) in [4.78, 5) is 46.6. The van der Waals surface area contributed by atoms with Gasteiger partial charge in [-0.2, -0.15) is 0 Å². The summed E-state index contributed by atoms with van der Waals surface area (Å²) >= 11 is 0. The predicted molar refractivity (Wildman–Crippen MR) is 231 cm³/mol. The first-order chi connectivity index (χ1) is 29.1. The van der Waals surface area contributed by atoms with Crippen molar-refractivity contribution < 1.29 is 24.2 Å². The normalized spacial score (nSPS) is 21.1. The Morgan fingerprint density at radius 3 is 2.40 bits per heavy atom. The minimum Gasteiger partial charge on any atom is -0.507 e. The number of fused-ring (bicyclic) bond motifs is 1. The molecule has 0 aliphatic carbocycles. The molecule has 4 amide bonds. The van der Waals surface area contributed by atoms with E-state index in [-0.39, 0.29) is 35.8 Å². The number of nitrogens with two attached hydrogens (primary N) is 1. The fourth-order valence-electron chi connectivity index (χ4n) is 9.75. The first kappa shape index (κ1) is 39.5. The Bertz CT molecular complexity index is 2400. The van der Waals surface area contributed by atoms with Crippen LogP contribution in [0.2, 0.25) is 0 Å². The number of nitrogens with zero attached hydrogens (tertiary/aromatic N) is 7. The molecular weight excluding hydrogens is 759 g/mol. The summed E-state index contributed by atoms with van der Waals surface area (Å²) in [6, 6.07) is 25.1. The molecule has 312 valence electrons. The van der Waals surface area contributed by atoms with Crippen molar-refractivity contribution in [3.8, 4) is 17.0 Å². The Labute approximate surface area is 349 Å². The molecule has 14 heteroatoms. The van der Waals surface area contributed by atoms with Crippen molar-refractivity contribution in [3.05, 3.63) is 95.7 Å².